The summed E-state index contributed by atoms with van der Waals surface area (Å²) in [5.74, 6) is 0.863. The van der Waals surface area contributed by atoms with Crippen molar-refractivity contribution in [1.82, 2.24) is 0 Å². The van der Waals surface area contributed by atoms with Crippen LogP contribution >= 0.6 is 0 Å². The monoisotopic (exact) mass is 208 g/mol. The summed E-state index contributed by atoms with van der Waals surface area (Å²) < 4.78 is 0. The first-order chi connectivity index (χ1) is 7.35. The first-order valence-corrected chi connectivity index (χ1v) is 6.81. The van der Waals surface area contributed by atoms with Gasteiger partial charge in [0.25, 0.3) is 0 Å². The average Bonchev–Trinajstić information content (AvgIpc) is 2.32. The van der Waals surface area contributed by atoms with Crippen molar-refractivity contribution in [1.29, 1.82) is 0 Å². The molecule has 2 fully saturated rings. The van der Waals surface area contributed by atoms with Crippen molar-refractivity contribution < 1.29 is 4.79 Å². The summed E-state index contributed by atoms with van der Waals surface area (Å²) >= 11 is 0. The fraction of sp³-hybridized carbons (Fsp3) is 0.929. The molecule has 1 heteroatoms. The molecule has 0 bridgehead atoms. The molecule has 0 aromatic rings. The molecular weight excluding hydrogens is 184 g/mol. The number of carbonyl (C=O) groups is 1. The minimum Gasteiger partial charge on any atom is -0.303 e. The molecule has 2 rings (SSSR count). The maximum absolute atomic E-state index is 11.4. The summed E-state index contributed by atoms with van der Waals surface area (Å²) in [4.78, 5) is 11.4. The minimum absolute atomic E-state index is 0.0975. The largest absolute Gasteiger partial charge is 0.303 e. The van der Waals surface area contributed by atoms with Gasteiger partial charge < -0.3 is 4.79 Å². The van der Waals surface area contributed by atoms with Crippen LogP contribution in [0.4, 0.5) is 0 Å². The molecule has 0 aliphatic heterocycles. The molecule has 0 unspecified atom stereocenters. The average molecular weight is 208 g/mol. The van der Waals surface area contributed by atoms with Gasteiger partial charge in [-0.25, -0.2) is 0 Å². The fourth-order valence-electron chi connectivity index (χ4n) is 3.59. The normalized spacial score (nSPS) is 27.5. The molecule has 2 saturated carbocycles. The Balaban J connectivity index is 1.90. The van der Waals surface area contributed by atoms with Gasteiger partial charge >= 0.3 is 0 Å². The van der Waals surface area contributed by atoms with E-state index in [9.17, 15) is 4.79 Å². The van der Waals surface area contributed by atoms with E-state index in [1.807, 2.05) is 0 Å². The molecule has 0 atom stereocenters. The Labute approximate surface area is 93.6 Å². The summed E-state index contributed by atoms with van der Waals surface area (Å²) in [6, 6.07) is 0. The molecule has 0 aromatic carbocycles. The van der Waals surface area contributed by atoms with E-state index in [1.54, 1.807) is 0 Å². The molecule has 2 aliphatic rings. The molecule has 0 spiro atoms. The van der Waals surface area contributed by atoms with Gasteiger partial charge in [-0.2, -0.15) is 0 Å². The van der Waals surface area contributed by atoms with Crippen LogP contribution < -0.4 is 0 Å². The van der Waals surface area contributed by atoms with E-state index in [-0.39, 0.29) is 5.41 Å². The van der Waals surface area contributed by atoms with E-state index in [2.05, 4.69) is 0 Å². The molecule has 15 heavy (non-hydrogen) atoms. The van der Waals surface area contributed by atoms with Gasteiger partial charge in [-0.1, -0.05) is 51.4 Å². The van der Waals surface area contributed by atoms with Crippen molar-refractivity contribution in [3.63, 3.8) is 0 Å². The number of hydrogen-bond donors (Lipinski definition) is 0. The van der Waals surface area contributed by atoms with Gasteiger partial charge in [-0.15, -0.1) is 0 Å². The lowest BCUT2D eigenvalue weighted by Gasteiger charge is -2.36. The smallest absolute Gasteiger partial charge is 0.126 e. The van der Waals surface area contributed by atoms with Crippen LogP contribution in [0.5, 0.6) is 0 Å². The van der Waals surface area contributed by atoms with Gasteiger partial charge in [0.2, 0.25) is 0 Å². The van der Waals surface area contributed by atoms with Crippen LogP contribution in [-0.2, 0) is 4.79 Å². The predicted molar refractivity (Wildman–Crippen MR) is 62.8 cm³/mol. The van der Waals surface area contributed by atoms with Crippen molar-refractivity contribution >= 4 is 6.29 Å². The van der Waals surface area contributed by atoms with E-state index in [0.29, 0.717) is 0 Å². The van der Waals surface area contributed by atoms with Crippen LogP contribution in [0.1, 0.15) is 70.6 Å². The molecule has 2 aliphatic carbocycles. The molecular formula is C14H24O. The van der Waals surface area contributed by atoms with E-state index < -0.39 is 0 Å². The zero-order chi connectivity index (χ0) is 10.6. The second-order valence-electron chi connectivity index (χ2n) is 5.75. The maximum Gasteiger partial charge on any atom is 0.126 e. The molecule has 0 heterocycles. The summed E-state index contributed by atoms with van der Waals surface area (Å²) in [6.45, 7) is 0. The quantitative estimate of drug-likeness (QED) is 0.638. The zero-order valence-corrected chi connectivity index (χ0v) is 9.84. The number of carbonyl (C=O) groups excluding carboxylic acids is 1. The van der Waals surface area contributed by atoms with Crippen molar-refractivity contribution in [2.45, 2.75) is 70.6 Å². The summed E-state index contributed by atoms with van der Waals surface area (Å²) in [7, 11) is 0. The highest BCUT2D eigenvalue weighted by Gasteiger charge is 2.34. The Morgan fingerprint density at radius 1 is 0.933 bits per heavy atom. The van der Waals surface area contributed by atoms with Crippen LogP contribution in [0.15, 0.2) is 0 Å². The minimum atomic E-state index is 0.0975. The highest BCUT2D eigenvalue weighted by molar-refractivity contribution is 5.59. The molecule has 1 nitrogen and oxygen atoms in total. The van der Waals surface area contributed by atoms with Crippen molar-refractivity contribution in [2.24, 2.45) is 11.3 Å². The van der Waals surface area contributed by atoms with Crippen LogP contribution in [0.3, 0.4) is 0 Å². The molecule has 0 N–H and O–H groups in total. The molecule has 0 aromatic heterocycles. The van der Waals surface area contributed by atoms with Crippen molar-refractivity contribution in [3.8, 4) is 0 Å². The first kappa shape index (κ1) is 11.2. The lowest BCUT2D eigenvalue weighted by Crippen LogP contribution is -2.29. The highest BCUT2D eigenvalue weighted by Crippen LogP contribution is 2.42. The zero-order valence-electron chi connectivity index (χ0n) is 9.84. The lowest BCUT2D eigenvalue weighted by atomic mass is 9.68. The molecule has 0 saturated heterocycles. The highest BCUT2D eigenvalue weighted by atomic mass is 16.1. The maximum atomic E-state index is 11.4. The van der Waals surface area contributed by atoms with Crippen LogP contribution in [0.25, 0.3) is 0 Å². The van der Waals surface area contributed by atoms with Gasteiger partial charge in [-0.05, 0) is 25.2 Å². The van der Waals surface area contributed by atoms with E-state index in [0.717, 1.165) is 5.92 Å². The Morgan fingerprint density at radius 3 is 2.13 bits per heavy atom. The Bertz CT molecular complexity index is 197. The predicted octanol–water partition coefficient (Wildman–Crippen LogP) is 4.11. The van der Waals surface area contributed by atoms with Gasteiger partial charge in [0.1, 0.15) is 6.29 Å². The van der Waals surface area contributed by atoms with E-state index in [4.69, 9.17) is 0 Å². The number of aldehydes is 1. The number of rotatable bonds is 3. The van der Waals surface area contributed by atoms with E-state index >= 15 is 0 Å². The topological polar surface area (TPSA) is 17.1 Å². The SMILES string of the molecule is O=CC1(CC2CCCCC2)CCCCC1. The second kappa shape index (κ2) is 5.14. The third-order valence-corrected chi connectivity index (χ3v) is 4.52. The summed E-state index contributed by atoms with van der Waals surface area (Å²) in [6.07, 6.45) is 15.8. The molecule has 86 valence electrons. The fourth-order valence-corrected chi connectivity index (χ4v) is 3.59. The summed E-state index contributed by atoms with van der Waals surface area (Å²) in [5, 5.41) is 0. The van der Waals surface area contributed by atoms with Gasteiger partial charge in [0.15, 0.2) is 0 Å². The van der Waals surface area contributed by atoms with Gasteiger partial charge in [-0.3, -0.25) is 0 Å². The van der Waals surface area contributed by atoms with Gasteiger partial charge in [0, 0.05) is 5.41 Å². The number of hydrogen-bond acceptors (Lipinski definition) is 1. The summed E-state index contributed by atoms with van der Waals surface area (Å²) in [5.41, 5.74) is 0.0975. The Morgan fingerprint density at radius 2 is 1.53 bits per heavy atom. The van der Waals surface area contributed by atoms with Crippen LogP contribution in [-0.4, -0.2) is 6.29 Å². The van der Waals surface area contributed by atoms with Crippen molar-refractivity contribution in [3.05, 3.63) is 0 Å². The Kier molecular flexibility index (Phi) is 3.82. The second-order valence-corrected chi connectivity index (χ2v) is 5.75. The molecule has 0 radical (unpaired) electrons. The van der Waals surface area contributed by atoms with Gasteiger partial charge in [0.05, 0.1) is 0 Å². The van der Waals surface area contributed by atoms with E-state index in [1.165, 1.54) is 76.9 Å². The Hall–Kier alpha value is -0.330. The first-order valence-electron chi connectivity index (χ1n) is 6.81. The standard InChI is InChI=1S/C14H24O/c15-12-14(9-5-2-6-10-14)11-13-7-3-1-4-8-13/h12-13H,1-11H2. The van der Waals surface area contributed by atoms with Crippen LogP contribution in [0, 0.1) is 11.3 Å². The lowest BCUT2D eigenvalue weighted by molar-refractivity contribution is -0.119. The molecule has 0 amide bonds. The third kappa shape index (κ3) is 2.83. The van der Waals surface area contributed by atoms with Crippen molar-refractivity contribution in [2.75, 3.05) is 0 Å². The third-order valence-electron chi connectivity index (χ3n) is 4.52. The van der Waals surface area contributed by atoms with Crippen LogP contribution in [0.2, 0.25) is 0 Å².